The molecule has 6 nitrogen and oxygen atoms in total. The average molecular weight is 433 g/mol. The third-order valence-corrected chi connectivity index (χ3v) is 9.50. The van der Waals surface area contributed by atoms with Crippen molar-refractivity contribution in [1.29, 1.82) is 0 Å². The molecule has 0 amide bonds. The Hall–Kier alpha value is -1.53. The molecule has 6 heteroatoms. The van der Waals surface area contributed by atoms with Crippen molar-refractivity contribution in [3.63, 3.8) is 0 Å². The molecule has 0 spiro atoms. The highest BCUT2D eigenvalue weighted by Gasteiger charge is 2.70. The molecule has 4 aliphatic rings. The molecule has 4 aliphatic carbocycles. The second-order valence-corrected chi connectivity index (χ2v) is 10.9. The highest BCUT2D eigenvalue weighted by Crippen LogP contribution is 2.69. The zero-order valence-electron chi connectivity index (χ0n) is 19.1. The maximum absolute atomic E-state index is 13.1. The molecule has 0 aromatic heterocycles. The summed E-state index contributed by atoms with van der Waals surface area (Å²) in [6.45, 7) is 7.36. The summed E-state index contributed by atoms with van der Waals surface area (Å²) >= 11 is 0. The Bertz CT molecular complexity index is 832. The number of hydrogen-bond acceptors (Lipinski definition) is 6. The van der Waals surface area contributed by atoms with E-state index < -0.39 is 35.5 Å². The fourth-order valence-electron chi connectivity index (χ4n) is 8.18. The topological polar surface area (TPSA) is 101 Å². The number of ketones is 2. The maximum Gasteiger partial charge on any atom is 0.306 e. The minimum atomic E-state index is -1.38. The van der Waals surface area contributed by atoms with Gasteiger partial charge in [-0.05, 0) is 67.3 Å². The number of hydrogen-bond donors (Lipinski definition) is 2. The SMILES string of the molecule is CCC(=O)O[C@]1(C(=O)CO)CC[C@H]2[C@@H]3C[C@H](C)C4=CC(=O)CC[C@]4(C)[C@H]3[C@@H](O)C[C@@]21C. The van der Waals surface area contributed by atoms with Gasteiger partial charge in [-0.3, -0.25) is 14.4 Å². The molecule has 0 heterocycles. The number of fused-ring (bicyclic) bond motifs is 5. The van der Waals surface area contributed by atoms with Crippen molar-refractivity contribution in [2.75, 3.05) is 6.61 Å². The van der Waals surface area contributed by atoms with Gasteiger partial charge >= 0.3 is 5.97 Å². The van der Waals surface area contributed by atoms with Gasteiger partial charge in [0.1, 0.15) is 6.61 Å². The van der Waals surface area contributed by atoms with Crippen LogP contribution in [0.2, 0.25) is 0 Å². The van der Waals surface area contributed by atoms with E-state index >= 15 is 0 Å². The van der Waals surface area contributed by atoms with Crippen molar-refractivity contribution >= 4 is 17.5 Å². The molecular formula is C25H36O6. The molecule has 0 radical (unpaired) electrons. The van der Waals surface area contributed by atoms with Crippen LogP contribution in [-0.2, 0) is 19.1 Å². The Morgan fingerprint density at radius 1 is 1.26 bits per heavy atom. The summed E-state index contributed by atoms with van der Waals surface area (Å²) in [5, 5.41) is 21.3. The first-order chi connectivity index (χ1) is 14.5. The number of esters is 1. The maximum atomic E-state index is 13.1. The van der Waals surface area contributed by atoms with Gasteiger partial charge < -0.3 is 14.9 Å². The van der Waals surface area contributed by atoms with Crippen LogP contribution in [0.25, 0.3) is 0 Å². The van der Waals surface area contributed by atoms with Gasteiger partial charge in [-0.15, -0.1) is 0 Å². The molecule has 8 atom stereocenters. The number of aliphatic hydroxyl groups excluding tert-OH is 2. The van der Waals surface area contributed by atoms with Gasteiger partial charge in [-0.1, -0.05) is 33.3 Å². The first kappa shape index (κ1) is 22.7. The van der Waals surface area contributed by atoms with Crippen LogP contribution in [0.1, 0.15) is 72.6 Å². The average Bonchev–Trinajstić information content (AvgIpc) is 3.01. The van der Waals surface area contributed by atoms with Crippen molar-refractivity contribution in [1.82, 2.24) is 0 Å². The Morgan fingerprint density at radius 2 is 1.97 bits per heavy atom. The van der Waals surface area contributed by atoms with E-state index in [1.165, 1.54) is 5.57 Å². The summed E-state index contributed by atoms with van der Waals surface area (Å²) in [6, 6.07) is 0. The minimum Gasteiger partial charge on any atom is -0.450 e. The predicted molar refractivity (Wildman–Crippen MR) is 114 cm³/mol. The van der Waals surface area contributed by atoms with Crippen molar-refractivity contribution in [2.45, 2.75) is 84.3 Å². The molecule has 0 saturated heterocycles. The largest absolute Gasteiger partial charge is 0.450 e. The Morgan fingerprint density at radius 3 is 2.61 bits per heavy atom. The molecule has 0 aliphatic heterocycles. The molecule has 2 N–H and O–H groups in total. The molecule has 31 heavy (non-hydrogen) atoms. The number of allylic oxidation sites excluding steroid dienone is 1. The van der Waals surface area contributed by atoms with E-state index in [2.05, 4.69) is 13.8 Å². The zero-order valence-corrected chi connectivity index (χ0v) is 19.1. The highest BCUT2D eigenvalue weighted by molar-refractivity contribution is 5.92. The Balaban J connectivity index is 1.78. The summed E-state index contributed by atoms with van der Waals surface area (Å²) < 4.78 is 5.86. The number of carbonyl (C=O) groups is 3. The van der Waals surface area contributed by atoms with Gasteiger partial charge in [-0.25, -0.2) is 0 Å². The van der Waals surface area contributed by atoms with Gasteiger partial charge in [-0.2, -0.15) is 0 Å². The first-order valence-electron chi connectivity index (χ1n) is 11.8. The van der Waals surface area contributed by atoms with Gasteiger partial charge in [0, 0.05) is 18.3 Å². The summed E-state index contributed by atoms with van der Waals surface area (Å²) in [5.74, 6) is -0.195. The molecular weight excluding hydrogens is 396 g/mol. The zero-order chi connectivity index (χ0) is 22.8. The number of aliphatic hydroxyl groups is 2. The van der Waals surface area contributed by atoms with Crippen LogP contribution in [0.3, 0.4) is 0 Å². The third kappa shape index (κ3) is 3.01. The van der Waals surface area contributed by atoms with E-state index in [0.29, 0.717) is 19.3 Å². The number of Topliss-reactive ketones (excluding diaryl/α,β-unsaturated/α-hetero) is 1. The van der Waals surface area contributed by atoms with E-state index in [1.807, 2.05) is 13.0 Å². The van der Waals surface area contributed by atoms with Gasteiger partial charge in [0.05, 0.1) is 6.10 Å². The Labute approximate surface area is 184 Å². The van der Waals surface area contributed by atoms with Crippen LogP contribution >= 0.6 is 0 Å². The van der Waals surface area contributed by atoms with Gasteiger partial charge in [0.15, 0.2) is 11.4 Å². The van der Waals surface area contributed by atoms with Crippen molar-refractivity contribution in [3.05, 3.63) is 11.6 Å². The molecule has 0 unspecified atom stereocenters. The lowest BCUT2D eigenvalue weighted by molar-refractivity contribution is -0.203. The van der Waals surface area contributed by atoms with E-state index in [4.69, 9.17) is 4.74 Å². The second kappa shape index (κ2) is 7.51. The first-order valence-corrected chi connectivity index (χ1v) is 11.8. The predicted octanol–water partition coefficient (Wildman–Crippen LogP) is 2.99. The van der Waals surface area contributed by atoms with Crippen LogP contribution in [0.15, 0.2) is 11.6 Å². The van der Waals surface area contributed by atoms with Crippen molar-refractivity contribution in [2.24, 2.45) is 34.5 Å². The summed E-state index contributed by atoms with van der Waals surface area (Å²) in [7, 11) is 0. The van der Waals surface area contributed by atoms with Crippen LogP contribution in [0.4, 0.5) is 0 Å². The molecule has 0 bridgehead atoms. The fourth-order valence-corrected chi connectivity index (χ4v) is 8.18. The van der Waals surface area contributed by atoms with Crippen LogP contribution < -0.4 is 0 Å². The molecule has 172 valence electrons. The quantitative estimate of drug-likeness (QED) is 0.663. The van der Waals surface area contributed by atoms with Crippen LogP contribution in [0, 0.1) is 34.5 Å². The molecule has 3 saturated carbocycles. The van der Waals surface area contributed by atoms with Crippen molar-refractivity contribution in [3.8, 4) is 0 Å². The standard InChI is InChI=1S/C25H36O6/c1-5-21(30)31-25(20(29)13-26)9-7-17-16-10-14(2)18-11-15(27)6-8-23(18,3)22(16)19(28)12-24(17,25)4/h11,14,16-17,19,22,26,28H,5-10,12-13H2,1-4H3/t14-,16-,17-,19-,22+,23-,24-,25-/m0/s1. The summed E-state index contributed by atoms with van der Waals surface area (Å²) in [4.78, 5) is 37.5. The second-order valence-electron chi connectivity index (χ2n) is 10.9. The number of carbonyl (C=O) groups excluding carboxylic acids is 3. The molecule has 0 aromatic carbocycles. The van der Waals surface area contributed by atoms with Crippen LogP contribution in [0.5, 0.6) is 0 Å². The lowest BCUT2D eigenvalue weighted by atomic mass is 9.44. The molecule has 0 aromatic rings. The van der Waals surface area contributed by atoms with Gasteiger partial charge in [0.2, 0.25) is 5.78 Å². The minimum absolute atomic E-state index is 0.0167. The fraction of sp³-hybridized carbons (Fsp3) is 0.800. The smallest absolute Gasteiger partial charge is 0.306 e. The lowest BCUT2D eigenvalue weighted by Gasteiger charge is -2.62. The summed E-state index contributed by atoms with van der Waals surface area (Å²) in [5.41, 5.74) is -1.17. The molecule has 4 rings (SSSR count). The third-order valence-electron chi connectivity index (χ3n) is 9.50. The lowest BCUT2D eigenvalue weighted by Crippen LogP contribution is -2.63. The Kier molecular flexibility index (Phi) is 5.49. The van der Waals surface area contributed by atoms with E-state index in [-0.39, 0.29) is 41.3 Å². The molecule has 3 fully saturated rings. The van der Waals surface area contributed by atoms with E-state index in [1.54, 1.807) is 6.92 Å². The summed E-state index contributed by atoms with van der Waals surface area (Å²) in [6.07, 6.45) is 4.89. The van der Waals surface area contributed by atoms with Gasteiger partial charge in [0.25, 0.3) is 0 Å². The van der Waals surface area contributed by atoms with Crippen molar-refractivity contribution < 1.29 is 29.3 Å². The van der Waals surface area contributed by atoms with Crippen LogP contribution in [-0.4, -0.2) is 46.1 Å². The van der Waals surface area contributed by atoms with E-state index in [9.17, 15) is 24.6 Å². The monoisotopic (exact) mass is 432 g/mol. The normalized spacial score (nSPS) is 46.5. The highest BCUT2D eigenvalue weighted by atomic mass is 16.6. The number of ether oxygens (including phenoxy) is 1. The van der Waals surface area contributed by atoms with E-state index in [0.717, 1.165) is 19.3 Å². The number of rotatable bonds is 4.